The van der Waals surface area contributed by atoms with Crippen LogP contribution < -0.4 is 0 Å². The number of carbonyl (C=O) groups excluding carboxylic acids is 1. The summed E-state index contributed by atoms with van der Waals surface area (Å²) in [5.41, 5.74) is 1.11. The van der Waals surface area contributed by atoms with Gasteiger partial charge in [0, 0.05) is 19.6 Å². The normalized spacial score (nSPS) is 16.8. The Hall–Kier alpha value is -1.06. The Labute approximate surface area is 115 Å². The van der Waals surface area contributed by atoms with Crippen LogP contribution in [-0.2, 0) is 11.2 Å². The Kier molecular flexibility index (Phi) is 6.16. The first-order chi connectivity index (χ1) is 8.25. The number of hydrogen-bond donors (Lipinski definition) is 0. The van der Waals surface area contributed by atoms with Gasteiger partial charge in [0.15, 0.2) is 0 Å². The second-order valence-corrected chi connectivity index (χ2v) is 4.70. The summed E-state index contributed by atoms with van der Waals surface area (Å²) in [6, 6.07) is 9.98. The van der Waals surface area contributed by atoms with Gasteiger partial charge in [0.05, 0.1) is 6.42 Å². The zero-order valence-corrected chi connectivity index (χ0v) is 11.7. The third-order valence-electron chi connectivity index (χ3n) is 3.27. The summed E-state index contributed by atoms with van der Waals surface area (Å²) in [5, 5.41) is 0. The monoisotopic (exact) mass is 268 g/mol. The molecule has 0 radical (unpaired) electrons. The van der Waals surface area contributed by atoms with E-state index in [0.717, 1.165) is 38.2 Å². The first-order valence-electron chi connectivity index (χ1n) is 6.26. The molecule has 0 saturated carbocycles. The zero-order valence-electron chi connectivity index (χ0n) is 10.8. The van der Waals surface area contributed by atoms with Crippen LogP contribution in [0.2, 0.25) is 0 Å². The van der Waals surface area contributed by atoms with E-state index in [1.807, 2.05) is 35.2 Å². The molecule has 0 aliphatic carbocycles. The van der Waals surface area contributed by atoms with Gasteiger partial charge >= 0.3 is 0 Å². The van der Waals surface area contributed by atoms with Crippen LogP contribution in [0.1, 0.15) is 12.0 Å². The maximum Gasteiger partial charge on any atom is 0.227 e. The van der Waals surface area contributed by atoms with Gasteiger partial charge in [-0.15, -0.1) is 12.4 Å². The molecule has 0 spiro atoms. The van der Waals surface area contributed by atoms with Crippen LogP contribution in [0.5, 0.6) is 0 Å². The fourth-order valence-corrected chi connectivity index (χ4v) is 2.18. The number of carbonyl (C=O) groups is 1. The second-order valence-electron chi connectivity index (χ2n) is 4.70. The van der Waals surface area contributed by atoms with Crippen LogP contribution in [0.15, 0.2) is 30.3 Å². The van der Waals surface area contributed by atoms with Crippen LogP contribution in [0.25, 0.3) is 0 Å². The first-order valence-corrected chi connectivity index (χ1v) is 6.26. The van der Waals surface area contributed by atoms with Crippen LogP contribution in [0, 0.1) is 0 Å². The minimum atomic E-state index is 0. The Morgan fingerprint density at radius 1 is 1.11 bits per heavy atom. The van der Waals surface area contributed by atoms with Crippen LogP contribution >= 0.6 is 12.4 Å². The predicted octanol–water partition coefficient (Wildman–Crippen LogP) is 1.81. The standard InChI is InChI=1S/C14H20N2O.ClH/c1-15-8-5-9-16(11-10-15)14(17)12-13-6-3-2-4-7-13;/h2-4,6-7H,5,8-12H2,1H3;1H. The van der Waals surface area contributed by atoms with Gasteiger partial charge in [-0.25, -0.2) is 0 Å². The average Bonchev–Trinajstić information content (AvgIpc) is 2.55. The summed E-state index contributed by atoms with van der Waals surface area (Å²) in [4.78, 5) is 16.4. The van der Waals surface area contributed by atoms with Crippen molar-refractivity contribution >= 4 is 18.3 Å². The molecular formula is C14H21ClN2O. The lowest BCUT2D eigenvalue weighted by Gasteiger charge is -2.20. The summed E-state index contributed by atoms with van der Waals surface area (Å²) in [6.07, 6.45) is 1.61. The minimum Gasteiger partial charge on any atom is -0.341 e. The molecule has 1 aromatic rings. The number of rotatable bonds is 2. The molecule has 1 aromatic carbocycles. The molecule has 1 aliphatic heterocycles. The number of halogens is 1. The van der Waals surface area contributed by atoms with Crippen molar-refractivity contribution in [3.05, 3.63) is 35.9 Å². The number of amides is 1. The molecule has 0 bridgehead atoms. The smallest absolute Gasteiger partial charge is 0.227 e. The highest BCUT2D eigenvalue weighted by Crippen LogP contribution is 2.06. The van der Waals surface area contributed by atoms with Crippen molar-refractivity contribution in [2.45, 2.75) is 12.8 Å². The summed E-state index contributed by atoms with van der Waals surface area (Å²) in [5.74, 6) is 0.256. The van der Waals surface area contributed by atoms with Crippen molar-refractivity contribution < 1.29 is 4.79 Å². The lowest BCUT2D eigenvalue weighted by atomic mass is 10.1. The number of likely N-dealkylation sites (N-methyl/N-ethyl adjacent to an activating group) is 1. The highest BCUT2D eigenvalue weighted by Gasteiger charge is 2.17. The van der Waals surface area contributed by atoms with Crippen molar-refractivity contribution in [1.29, 1.82) is 0 Å². The third-order valence-corrected chi connectivity index (χ3v) is 3.27. The maximum atomic E-state index is 12.1. The average molecular weight is 269 g/mol. The van der Waals surface area contributed by atoms with Crippen molar-refractivity contribution in [2.75, 3.05) is 33.2 Å². The van der Waals surface area contributed by atoms with E-state index in [-0.39, 0.29) is 18.3 Å². The van der Waals surface area contributed by atoms with Gasteiger partial charge in [-0.2, -0.15) is 0 Å². The fraction of sp³-hybridized carbons (Fsp3) is 0.500. The van der Waals surface area contributed by atoms with E-state index in [1.54, 1.807) is 0 Å². The Morgan fingerprint density at radius 2 is 1.83 bits per heavy atom. The van der Waals surface area contributed by atoms with E-state index in [2.05, 4.69) is 11.9 Å². The van der Waals surface area contributed by atoms with E-state index < -0.39 is 0 Å². The molecule has 0 unspecified atom stereocenters. The van der Waals surface area contributed by atoms with Crippen molar-refractivity contribution in [3.63, 3.8) is 0 Å². The molecule has 1 fully saturated rings. The fourth-order valence-electron chi connectivity index (χ4n) is 2.18. The number of benzene rings is 1. The maximum absolute atomic E-state index is 12.1. The molecular weight excluding hydrogens is 248 g/mol. The number of hydrogen-bond acceptors (Lipinski definition) is 2. The molecule has 3 nitrogen and oxygen atoms in total. The molecule has 0 aromatic heterocycles. The second kappa shape index (κ2) is 7.39. The van der Waals surface area contributed by atoms with Gasteiger partial charge in [0.1, 0.15) is 0 Å². The molecule has 1 aliphatic rings. The summed E-state index contributed by atoms with van der Waals surface area (Å²) in [7, 11) is 2.12. The van der Waals surface area contributed by atoms with Gasteiger partial charge in [-0.1, -0.05) is 30.3 Å². The van der Waals surface area contributed by atoms with Crippen LogP contribution in [0.3, 0.4) is 0 Å². The third kappa shape index (κ3) is 4.31. The van der Waals surface area contributed by atoms with E-state index in [1.165, 1.54) is 0 Å². The SMILES string of the molecule is CN1CCCN(C(=O)Cc2ccccc2)CC1.Cl. The highest BCUT2D eigenvalue weighted by molar-refractivity contribution is 5.85. The molecule has 0 atom stereocenters. The molecule has 18 heavy (non-hydrogen) atoms. The van der Waals surface area contributed by atoms with Crippen LogP contribution in [-0.4, -0.2) is 48.9 Å². The molecule has 2 rings (SSSR count). The lowest BCUT2D eigenvalue weighted by Crippen LogP contribution is -2.35. The first kappa shape index (κ1) is 15.0. The number of nitrogens with zero attached hydrogens (tertiary/aromatic N) is 2. The van der Waals surface area contributed by atoms with Gasteiger partial charge in [-0.05, 0) is 25.6 Å². The van der Waals surface area contributed by atoms with E-state index in [0.29, 0.717) is 6.42 Å². The van der Waals surface area contributed by atoms with Crippen molar-refractivity contribution in [3.8, 4) is 0 Å². The molecule has 1 saturated heterocycles. The van der Waals surface area contributed by atoms with Crippen molar-refractivity contribution in [1.82, 2.24) is 9.80 Å². The predicted molar refractivity (Wildman–Crippen MR) is 76.1 cm³/mol. The zero-order chi connectivity index (χ0) is 12.1. The van der Waals surface area contributed by atoms with E-state index >= 15 is 0 Å². The quantitative estimate of drug-likeness (QED) is 0.817. The Balaban J connectivity index is 0.00000162. The van der Waals surface area contributed by atoms with Crippen LogP contribution in [0.4, 0.5) is 0 Å². The van der Waals surface area contributed by atoms with Gasteiger partial charge in [-0.3, -0.25) is 4.79 Å². The molecule has 4 heteroatoms. The molecule has 0 N–H and O–H groups in total. The van der Waals surface area contributed by atoms with E-state index in [4.69, 9.17) is 0 Å². The highest BCUT2D eigenvalue weighted by atomic mass is 35.5. The Bertz CT molecular complexity index is 369. The minimum absolute atomic E-state index is 0. The van der Waals surface area contributed by atoms with Gasteiger partial charge in [0.25, 0.3) is 0 Å². The van der Waals surface area contributed by atoms with Gasteiger partial charge < -0.3 is 9.80 Å². The summed E-state index contributed by atoms with van der Waals surface area (Å²) < 4.78 is 0. The summed E-state index contributed by atoms with van der Waals surface area (Å²) >= 11 is 0. The summed E-state index contributed by atoms with van der Waals surface area (Å²) in [6.45, 7) is 3.84. The Morgan fingerprint density at radius 3 is 2.56 bits per heavy atom. The molecule has 100 valence electrons. The lowest BCUT2D eigenvalue weighted by molar-refractivity contribution is -0.130. The largest absolute Gasteiger partial charge is 0.341 e. The molecule has 1 heterocycles. The van der Waals surface area contributed by atoms with Gasteiger partial charge in [0.2, 0.25) is 5.91 Å². The molecule has 1 amide bonds. The topological polar surface area (TPSA) is 23.6 Å². The van der Waals surface area contributed by atoms with Crippen molar-refractivity contribution in [2.24, 2.45) is 0 Å². The van der Waals surface area contributed by atoms with E-state index in [9.17, 15) is 4.79 Å².